The number of nitrogens with two attached hydrogens (primary N) is 1. The molecule has 1 aromatic carbocycles. The predicted octanol–water partition coefficient (Wildman–Crippen LogP) is 2.50. The number of hydrogen-bond acceptors (Lipinski definition) is 4. The molecule has 2 aromatic rings. The molecule has 16 heavy (non-hydrogen) atoms. The molecule has 0 saturated carbocycles. The van der Waals surface area contributed by atoms with Crippen molar-refractivity contribution in [3.63, 3.8) is 0 Å². The van der Waals surface area contributed by atoms with Crippen LogP contribution in [-0.2, 0) is 0 Å². The summed E-state index contributed by atoms with van der Waals surface area (Å²) in [4.78, 5) is 0. The van der Waals surface area contributed by atoms with E-state index in [9.17, 15) is 0 Å². The van der Waals surface area contributed by atoms with Gasteiger partial charge in [-0.3, -0.25) is 0 Å². The SMILES string of the molecule is C[C@@H](Sc1nncn1N)c1ccccc1Cl. The Balaban J connectivity index is 2.18. The maximum Gasteiger partial charge on any atom is 0.210 e. The zero-order valence-electron chi connectivity index (χ0n) is 8.67. The summed E-state index contributed by atoms with van der Waals surface area (Å²) in [6.45, 7) is 2.06. The highest BCUT2D eigenvalue weighted by molar-refractivity contribution is 7.99. The molecule has 6 heteroatoms. The Morgan fingerprint density at radius 3 is 2.81 bits per heavy atom. The second-order valence-corrected chi connectivity index (χ2v) is 5.02. The number of benzene rings is 1. The lowest BCUT2D eigenvalue weighted by Crippen LogP contribution is -2.08. The summed E-state index contributed by atoms with van der Waals surface area (Å²) in [5.41, 5.74) is 1.07. The standard InChI is InChI=1S/C10H11ClN4S/c1-7(8-4-2-3-5-9(8)11)16-10-14-13-6-15(10)12/h2-7H,12H2,1H3/t7-/m1/s1. The Hall–Kier alpha value is -1.20. The first-order valence-electron chi connectivity index (χ1n) is 4.74. The molecule has 0 aliphatic rings. The van der Waals surface area contributed by atoms with Gasteiger partial charge in [0.25, 0.3) is 0 Å². The Morgan fingerprint density at radius 2 is 2.19 bits per heavy atom. The third kappa shape index (κ3) is 2.31. The van der Waals surface area contributed by atoms with E-state index in [0.717, 1.165) is 10.6 Å². The lowest BCUT2D eigenvalue weighted by molar-refractivity contribution is 0.840. The van der Waals surface area contributed by atoms with Gasteiger partial charge >= 0.3 is 0 Å². The smallest absolute Gasteiger partial charge is 0.210 e. The first kappa shape index (κ1) is 11.3. The van der Waals surface area contributed by atoms with Gasteiger partial charge in [0, 0.05) is 10.3 Å². The van der Waals surface area contributed by atoms with E-state index < -0.39 is 0 Å². The minimum atomic E-state index is 0.181. The molecule has 0 aliphatic heterocycles. The van der Waals surface area contributed by atoms with Gasteiger partial charge in [-0.05, 0) is 18.6 Å². The zero-order chi connectivity index (χ0) is 11.5. The second-order valence-electron chi connectivity index (χ2n) is 3.30. The summed E-state index contributed by atoms with van der Waals surface area (Å²) in [5.74, 6) is 5.64. The third-order valence-electron chi connectivity index (χ3n) is 2.17. The fraction of sp³-hybridized carbons (Fsp3) is 0.200. The van der Waals surface area contributed by atoms with Gasteiger partial charge in [0.05, 0.1) is 0 Å². The first-order valence-corrected chi connectivity index (χ1v) is 6.00. The average Bonchev–Trinajstić information content (AvgIpc) is 2.65. The maximum absolute atomic E-state index is 6.11. The number of nitrogen functional groups attached to an aromatic ring is 1. The fourth-order valence-corrected chi connectivity index (χ4v) is 2.62. The van der Waals surface area contributed by atoms with Gasteiger partial charge in [-0.15, -0.1) is 10.2 Å². The molecule has 2 N–H and O–H groups in total. The molecule has 0 bridgehead atoms. The van der Waals surface area contributed by atoms with Crippen molar-refractivity contribution in [2.75, 3.05) is 5.84 Å². The molecule has 0 saturated heterocycles. The van der Waals surface area contributed by atoms with Crippen molar-refractivity contribution in [2.45, 2.75) is 17.3 Å². The van der Waals surface area contributed by atoms with Crippen LogP contribution in [0.2, 0.25) is 5.02 Å². The molecule has 1 aromatic heterocycles. The summed E-state index contributed by atoms with van der Waals surface area (Å²) in [6.07, 6.45) is 1.47. The van der Waals surface area contributed by atoms with Crippen LogP contribution in [0.3, 0.4) is 0 Å². The predicted molar refractivity (Wildman–Crippen MR) is 65.9 cm³/mol. The molecule has 4 nitrogen and oxygen atoms in total. The molecule has 0 unspecified atom stereocenters. The number of aromatic nitrogens is 3. The van der Waals surface area contributed by atoms with Crippen molar-refractivity contribution in [1.82, 2.24) is 14.9 Å². The molecular weight excluding hydrogens is 244 g/mol. The van der Waals surface area contributed by atoms with Crippen LogP contribution >= 0.6 is 23.4 Å². The van der Waals surface area contributed by atoms with Crippen LogP contribution in [0.5, 0.6) is 0 Å². The van der Waals surface area contributed by atoms with Crippen molar-refractivity contribution in [3.8, 4) is 0 Å². The number of halogens is 1. The normalized spacial score (nSPS) is 12.6. The molecule has 84 valence electrons. The largest absolute Gasteiger partial charge is 0.336 e. The summed E-state index contributed by atoms with van der Waals surface area (Å²) < 4.78 is 1.40. The van der Waals surface area contributed by atoms with Crippen LogP contribution in [0.25, 0.3) is 0 Å². The highest BCUT2D eigenvalue weighted by Crippen LogP contribution is 2.36. The van der Waals surface area contributed by atoms with Crippen molar-refractivity contribution in [1.29, 1.82) is 0 Å². The lowest BCUT2D eigenvalue weighted by Gasteiger charge is -2.11. The molecule has 2 rings (SSSR count). The van der Waals surface area contributed by atoms with Gasteiger partial charge in [0.1, 0.15) is 6.33 Å². The highest BCUT2D eigenvalue weighted by Gasteiger charge is 2.13. The number of hydrogen-bond donors (Lipinski definition) is 1. The van der Waals surface area contributed by atoms with E-state index in [0.29, 0.717) is 5.16 Å². The third-order valence-corrected chi connectivity index (χ3v) is 3.62. The molecule has 0 fully saturated rings. The summed E-state index contributed by atoms with van der Waals surface area (Å²) in [5, 5.41) is 9.25. The first-order chi connectivity index (χ1) is 7.68. The van der Waals surface area contributed by atoms with Crippen LogP contribution in [0.4, 0.5) is 0 Å². The fourth-order valence-electron chi connectivity index (χ4n) is 1.34. The van der Waals surface area contributed by atoms with Crippen LogP contribution < -0.4 is 5.84 Å². The quantitative estimate of drug-likeness (QED) is 0.675. The minimum absolute atomic E-state index is 0.181. The summed E-state index contributed by atoms with van der Waals surface area (Å²) in [7, 11) is 0. The number of rotatable bonds is 3. The summed E-state index contributed by atoms with van der Waals surface area (Å²) >= 11 is 7.64. The Bertz CT molecular complexity index is 485. The Kier molecular flexibility index (Phi) is 3.36. The Labute approximate surface area is 103 Å². The van der Waals surface area contributed by atoms with E-state index >= 15 is 0 Å². The highest BCUT2D eigenvalue weighted by atomic mass is 35.5. The van der Waals surface area contributed by atoms with Crippen LogP contribution in [0.15, 0.2) is 35.7 Å². The summed E-state index contributed by atoms with van der Waals surface area (Å²) in [6, 6.07) is 7.75. The van der Waals surface area contributed by atoms with Gasteiger partial charge in [-0.25, -0.2) is 4.68 Å². The van der Waals surface area contributed by atoms with Crippen molar-refractivity contribution in [3.05, 3.63) is 41.2 Å². The zero-order valence-corrected chi connectivity index (χ0v) is 10.2. The van der Waals surface area contributed by atoms with Gasteiger partial charge < -0.3 is 5.84 Å². The van der Waals surface area contributed by atoms with Gasteiger partial charge in [0.15, 0.2) is 0 Å². The van der Waals surface area contributed by atoms with E-state index in [1.807, 2.05) is 24.3 Å². The topological polar surface area (TPSA) is 56.7 Å². The van der Waals surface area contributed by atoms with Gasteiger partial charge in [0.2, 0.25) is 5.16 Å². The van der Waals surface area contributed by atoms with Crippen molar-refractivity contribution >= 4 is 23.4 Å². The van der Waals surface area contributed by atoms with Crippen molar-refractivity contribution < 1.29 is 0 Å². The average molecular weight is 255 g/mol. The molecule has 1 heterocycles. The maximum atomic E-state index is 6.11. The van der Waals surface area contributed by atoms with Crippen molar-refractivity contribution in [2.24, 2.45) is 0 Å². The second kappa shape index (κ2) is 4.76. The van der Waals surface area contributed by atoms with Crippen LogP contribution in [-0.4, -0.2) is 14.9 Å². The van der Waals surface area contributed by atoms with E-state index in [-0.39, 0.29) is 5.25 Å². The Morgan fingerprint density at radius 1 is 1.44 bits per heavy atom. The van der Waals surface area contributed by atoms with Gasteiger partial charge in [-0.1, -0.05) is 41.6 Å². The van der Waals surface area contributed by atoms with E-state index in [2.05, 4.69) is 17.1 Å². The molecule has 0 radical (unpaired) electrons. The lowest BCUT2D eigenvalue weighted by atomic mass is 10.2. The molecule has 0 amide bonds. The van der Waals surface area contributed by atoms with Crippen LogP contribution in [0.1, 0.15) is 17.7 Å². The molecule has 1 atom stereocenters. The van der Waals surface area contributed by atoms with Gasteiger partial charge in [-0.2, -0.15) is 0 Å². The minimum Gasteiger partial charge on any atom is -0.336 e. The number of nitrogens with zero attached hydrogens (tertiary/aromatic N) is 3. The molecule has 0 spiro atoms. The monoisotopic (exact) mass is 254 g/mol. The van der Waals surface area contributed by atoms with E-state index in [1.54, 1.807) is 0 Å². The molecular formula is C10H11ClN4S. The van der Waals surface area contributed by atoms with Crippen LogP contribution in [0, 0.1) is 0 Å². The van der Waals surface area contributed by atoms with E-state index in [4.69, 9.17) is 17.4 Å². The number of thioether (sulfide) groups is 1. The molecule has 0 aliphatic carbocycles. The van der Waals surface area contributed by atoms with E-state index in [1.165, 1.54) is 22.8 Å².